The molecule has 0 bridgehead atoms. The third kappa shape index (κ3) is 3.47. The van der Waals surface area contributed by atoms with Gasteiger partial charge in [0, 0.05) is 42.3 Å². The molecule has 2 unspecified atom stereocenters. The van der Waals surface area contributed by atoms with Crippen molar-refractivity contribution >= 4 is 11.6 Å². The van der Waals surface area contributed by atoms with Crippen LogP contribution in [0.4, 0.5) is 4.39 Å². The fourth-order valence-electron chi connectivity index (χ4n) is 2.68. The topological polar surface area (TPSA) is 15.3 Å². The van der Waals surface area contributed by atoms with E-state index in [1.54, 1.807) is 12.1 Å². The molecule has 1 aliphatic heterocycles. The quantitative estimate of drug-likeness (QED) is 0.911. The Balaban J connectivity index is 2.14. The largest absolute Gasteiger partial charge is 0.311 e. The molecule has 0 aliphatic carbocycles. The molecule has 2 rings (SSSR count). The van der Waals surface area contributed by atoms with E-state index < -0.39 is 0 Å². The maximum Gasteiger partial charge on any atom is 0.129 e. The Morgan fingerprint density at radius 3 is 2.79 bits per heavy atom. The Labute approximate surface area is 119 Å². The SMILES string of the molecule is CCC1CN(Cc2c(F)cccc2Cl)C(CC)CN1. The summed E-state index contributed by atoms with van der Waals surface area (Å²) in [4.78, 5) is 2.36. The molecular weight excluding hydrogens is 263 g/mol. The summed E-state index contributed by atoms with van der Waals surface area (Å²) in [5, 5.41) is 4.08. The Morgan fingerprint density at radius 1 is 1.37 bits per heavy atom. The first-order valence-electron chi connectivity index (χ1n) is 7.06. The maximum absolute atomic E-state index is 13.9. The van der Waals surface area contributed by atoms with E-state index in [4.69, 9.17) is 11.6 Å². The lowest BCUT2D eigenvalue weighted by Crippen LogP contribution is -2.55. The summed E-state index contributed by atoms with van der Waals surface area (Å²) >= 11 is 6.13. The highest BCUT2D eigenvalue weighted by Gasteiger charge is 2.26. The van der Waals surface area contributed by atoms with Crippen LogP contribution in [0.1, 0.15) is 32.3 Å². The molecule has 19 heavy (non-hydrogen) atoms. The number of hydrogen-bond acceptors (Lipinski definition) is 2. The van der Waals surface area contributed by atoms with Crippen LogP contribution in [-0.2, 0) is 6.54 Å². The first kappa shape index (κ1) is 14.8. The highest BCUT2D eigenvalue weighted by atomic mass is 35.5. The fourth-order valence-corrected chi connectivity index (χ4v) is 2.91. The van der Waals surface area contributed by atoms with Gasteiger partial charge in [0.25, 0.3) is 0 Å². The van der Waals surface area contributed by atoms with Crippen LogP contribution in [0.5, 0.6) is 0 Å². The number of hydrogen-bond donors (Lipinski definition) is 1. The van der Waals surface area contributed by atoms with Crippen LogP contribution in [0.2, 0.25) is 5.02 Å². The van der Waals surface area contributed by atoms with Crippen LogP contribution >= 0.6 is 11.6 Å². The van der Waals surface area contributed by atoms with Crippen LogP contribution in [0.3, 0.4) is 0 Å². The van der Waals surface area contributed by atoms with Gasteiger partial charge in [-0.05, 0) is 25.0 Å². The van der Waals surface area contributed by atoms with Gasteiger partial charge in [-0.15, -0.1) is 0 Å². The van der Waals surface area contributed by atoms with Crippen molar-refractivity contribution in [3.63, 3.8) is 0 Å². The Hall–Kier alpha value is -0.640. The van der Waals surface area contributed by atoms with Gasteiger partial charge in [0.2, 0.25) is 0 Å². The Kier molecular flexibility index (Phi) is 5.20. The summed E-state index contributed by atoms with van der Waals surface area (Å²) in [6, 6.07) is 5.86. The minimum Gasteiger partial charge on any atom is -0.311 e. The first-order valence-corrected chi connectivity index (χ1v) is 7.43. The van der Waals surface area contributed by atoms with E-state index in [-0.39, 0.29) is 5.82 Å². The molecular formula is C15H22ClFN2. The standard InChI is InChI=1S/C15H22ClFN2/c1-3-11-9-19(12(4-2)8-18-11)10-13-14(16)6-5-7-15(13)17/h5-7,11-12,18H,3-4,8-10H2,1-2H3. The van der Waals surface area contributed by atoms with Crippen molar-refractivity contribution in [2.75, 3.05) is 13.1 Å². The number of nitrogens with zero attached hydrogens (tertiary/aromatic N) is 1. The molecule has 1 saturated heterocycles. The van der Waals surface area contributed by atoms with Crippen LogP contribution in [-0.4, -0.2) is 30.1 Å². The fraction of sp³-hybridized carbons (Fsp3) is 0.600. The molecule has 0 saturated carbocycles. The normalized spacial score (nSPS) is 24.6. The Bertz CT molecular complexity index is 404. The summed E-state index contributed by atoms with van der Waals surface area (Å²) in [6.45, 7) is 6.88. The Morgan fingerprint density at radius 2 is 2.16 bits per heavy atom. The highest BCUT2D eigenvalue weighted by molar-refractivity contribution is 6.31. The van der Waals surface area contributed by atoms with E-state index in [0.717, 1.165) is 25.9 Å². The average molecular weight is 285 g/mol. The molecule has 1 N–H and O–H groups in total. The maximum atomic E-state index is 13.9. The van der Waals surface area contributed by atoms with Gasteiger partial charge >= 0.3 is 0 Å². The van der Waals surface area contributed by atoms with Gasteiger partial charge in [-0.3, -0.25) is 4.90 Å². The smallest absolute Gasteiger partial charge is 0.129 e. The summed E-state index contributed by atoms with van der Waals surface area (Å²) in [5.41, 5.74) is 0.624. The number of piperazine rings is 1. The zero-order valence-electron chi connectivity index (χ0n) is 11.6. The van der Waals surface area contributed by atoms with E-state index in [0.29, 0.717) is 29.2 Å². The highest BCUT2D eigenvalue weighted by Crippen LogP contribution is 2.23. The summed E-state index contributed by atoms with van der Waals surface area (Å²) in [6.07, 6.45) is 2.16. The number of halogens is 2. The van der Waals surface area contributed by atoms with Gasteiger partial charge in [-0.2, -0.15) is 0 Å². The van der Waals surface area contributed by atoms with E-state index in [2.05, 4.69) is 24.1 Å². The van der Waals surface area contributed by atoms with E-state index in [1.165, 1.54) is 6.07 Å². The predicted molar refractivity (Wildman–Crippen MR) is 78.0 cm³/mol. The average Bonchev–Trinajstić information content (AvgIpc) is 2.42. The van der Waals surface area contributed by atoms with Crippen molar-refractivity contribution in [3.05, 3.63) is 34.6 Å². The molecule has 0 amide bonds. The predicted octanol–water partition coefficient (Wildman–Crippen LogP) is 3.44. The molecule has 1 fully saturated rings. The number of benzene rings is 1. The van der Waals surface area contributed by atoms with E-state index in [1.807, 2.05) is 0 Å². The molecule has 1 aromatic rings. The van der Waals surface area contributed by atoms with Crippen LogP contribution in [0.25, 0.3) is 0 Å². The van der Waals surface area contributed by atoms with Gasteiger partial charge in [-0.25, -0.2) is 4.39 Å². The molecule has 1 aliphatic rings. The minimum atomic E-state index is -0.200. The van der Waals surface area contributed by atoms with Crippen LogP contribution in [0.15, 0.2) is 18.2 Å². The summed E-state index contributed by atoms with van der Waals surface area (Å²) in [5.74, 6) is -0.200. The molecule has 2 atom stereocenters. The molecule has 4 heteroatoms. The van der Waals surface area contributed by atoms with E-state index >= 15 is 0 Å². The molecule has 106 valence electrons. The van der Waals surface area contributed by atoms with Gasteiger partial charge in [0.1, 0.15) is 5.82 Å². The summed E-state index contributed by atoms with van der Waals surface area (Å²) in [7, 11) is 0. The second-order valence-corrected chi connectivity index (χ2v) is 5.61. The van der Waals surface area contributed by atoms with Crippen molar-refractivity contribution in [2.24, 2.45) is 0 Å². The van der Waals surface area contributed by atoms with Gasteiger partial charge < -0.3 is 5.32 Å². The lowest BCUT2D eigenvalue weighted by molar-refractivity contribution is 0.116. The molecule has 0 spiro atoms. The van der Waals surface area contributed by atoms with Gasteiger partial charge in [-0.1, -0.05) is 31.5 Å². The van der Waals surface area contributed by atoms with E-state index in [9.17, 15) is 4.39 Å². The zero-order chi connectivity index (χ0) is 13.8. The van der Waals surface area contributed by atoms with Crippen molar-refractivity contribution in [2.45, 2.75) is 45.3 Å². The van der Waals surface area contributed by atoms with Crippen molar-refractivity contribution < 1.29 is 4.39 Å². The zero-order valence-corrected chi connectivity index (χ0v) is 12.4. The second-order valence-electron chi connectivity index (χ2n) is 5.21. The molecule has 0 radical (unpaired) electrons. The minimum absolute atomic E-state index is 0.200. The molecule has 1 aromatic carbocycles. The third-order valence-corrected chi connectivity index (χ3v) is 4.35. The summed E-state index contributed by atoms with van der Waals surface area (Å²) < 4.78 is 13.9. The molecule has 0 aromatic heterocycles. The molecule has 1 heterocycles. The van der Waals surface area contributed by atoms with Gasteiger partial charge in [0.15, 0.2) is 0 Å². The van der Waals surface area contributed by atoms with Gasteiger partial charge in [0.05, 0.1) is 0 Å². The van der Waals surface area contributed by atoms with Crippen molar-refractivity contribution in [1.29, 1.82) is 0 Å². The first-order chi connectivity index (χ1) is 9.15. The third-order valence-electron chi connectivity index (χ3n) is 4.00. The number of nitrogens with one attached hydrogen (secondary N) is 1. The lowest BCUT2D eigenvalue weighted by Gasteiger charge is -2.40. The van der Waals surface area contributed by atoms with Crippen LogP contribution < -0.4 is 5.32 Å². The van der Waals surface area contributed by atoms with Crippen molar-refractivity contribution in [1.82, 2.24) is 10.2 Å². The monoisotopic (exact) mass is 284 g/mol. The van der Waals surface area contributed by atoms with Crippen LogP contribution in [0, 0.1) is 5.82 Å². The molecule has 2 nitrogen and oxygen atoms in total. The van der Waals surface area contributed by atoms with Crippen molar-refractivity contribution in [3.8, 4) is 0 Å². The number of rotatable bonds is 4. The second kappa shape index (κ2) is 6.69. The lowest BCUT2D eigenvalue weighted by atomic mass is 10.0.